The van der Waals surface area contributed by atoms with E-state index in [0.29, 0.717) is 25.6 Å². The molecule has 2 rings (SSSR count). The lowest BCUT2D eigenvalue weighted by Gasteiger charge is -2.10. The maximum absolute atomic E-state index is 5.46. The second-order valence-corrected chi connectivity index (χ2v) is 6.90. The van der Waals surface area contributed by atoms with Gasteiger partial charge in [-0.15, -0.1) is 11.3 Å². The number of aryl methyl sites for hydroxylation is 1. The van der Waals surface area contributed by atoms with Gasteiger partial charge in [-0.25, -0.2) is 15.0 Å². The van der Waals surface area contributed by atoms with Crippen LogP contribution in [0.4, 0.5) is 0 Å². The van der Waals surface area contributed by atoms with Crippen molar-refractivity contribution in [2.24, 2.45) is 4.99 Å². The molecule has 2 aromatic heterocycles. The smallest absolute Gasteiger partial charge is 0.213 e. The SMILES string of the molecule is CCNC(=NCc1ccc(OCCOC)nc1)NCCc1ncc(C)s1. The lowest BCUT2D eigenvalue weighted by atomic mass is 10.3. The van der Waals surface area contributed by atoms with Crippen LogP contribution in [0.5, 0.6) is 5.88 Å². The zero-order valence-electron chi connectivity index (χ0n) is 15.6. The number of nitrogens with one attached hydrogen (secondary N) is 2. The van der Waals surface area contributed by atoms with Crippen LogP contribution in [0.3, 0.4) is 0 Å². The van der Waals surface area contributed by atoms with Crippen LogP contribution in [0.1, 0.15) is 22.4 Å². The minimum absolute atomic E-state index is 0.494. The Hall–Kier alpha value is -2.19. The maximum Gasteiger partial charge on any atom is 0.213 e. The van der Waals surface area contributed by atoms with E-state index in [9.17, 15) is 0 Å². The topological polar surface area (TPSA) is 80.7 Å². The Labute approximate surface area is 158 Å². The summed E-state index contributed by atoms with van der Waals surface area (Å²) in [6, 6.07) is 3.83. The number of pyridine rings is 1. The van der Waals surface area contributed by atoms with Crippen molar-refractivity contribution in [1.82, 2.24) is 20.6 Å². The lowest BCUT2D eigenvalue weighted by Crippen LogP contribution is -2.38. The highest BCUT2D eigenvalue weighted by molar-refractivity contribution is 7.11. The molecule has 0 amide bonds. The van der Waals surface area contributed by atoms with E-state index in [0.717, 1.165) is 36.0 Å². The monoisotopic (exact) mass is 377 g/mol. The van der Waals surface area contributed by atoms with Crippen molar-refractivity contribution in [3.63, 3.8) is 0 Å². The highest BCUT2D eigenvalue weighted by Crippen LogP contribution is 2.11. The summed E-state index contributed by atoms with van der Waals surface area (Å²) in [5.41, 5.74) is 1.02. The first-order valence-corrected chi connectivity index (χ1v) is 9.53. The first kappa shape index (κ1) is 20.1. The summed E-state index contributed by atoms with van der Waals surface area (Å²) < 4.78 is 10.4. The molecule has 0 saturated heterocycles. The van der Waals surface area contributed by atoms with E-state index < -0.39 is 0 Å². The number of guanidine groups is 1. The van der Waals surface area contributed by atoms with Gasteiger partial charge in [0.1, 0.15) is 6.61 Å². The van der Waals surface area contributed by atoms with E-state index in [1.165, 1.54) is 4.88 Å². The molecule has 0 spiro atoms. The summed E-state index contributed by atoms with van der Waals surface area (Å²) in [5.74, 6) is 1.39. The first-order chi connectivity index (χ1) is 12.7. The molecule has 0 bridgehead atoms. The zero-order valence-corrected chi connectivity index (χ0v) is 16.4. The largest absolute Gasteiger partial charge is 0.475 e. The Morgan fingerprint density at radius 1 is 1.19 bits per heavy atom. The summed E-state index contributed by atoms with van der Waals surface area (Å²) in [6.07, 6.45) is 4.58. The van der Waals surface area contributed by atoms with Gasteiger partial charge in [0.05, 0.1) is 18.2 Å². The van der Waals surface area contributed by atoms with Gasteiger partial charge < -0.3 is 20.1 Å². The quantitative estimate of drug-likeness (QED) is 0.375. The van der Waals surface area contributed by atoms with E-state index >= 15 is 0 Å². The third-order valence-electron chi connectivity index (χ3n) is 3.40. The Bertz CT molecular complexity index is 672. The summed E-state index contributed by atoms with van der Waals surface area (Å²) in [4.78, 5) is 14.5. The summed E-state index contributed by atoms with van der Waals surface area (Å²) in [6.45, 7) is 7.32. The average Bonchev–Trinajstić information content (AvgIpc) is 3.06. The average molecular weight is 378 g/mol. The molecule has 0 radical (unpaired) electrons. The number of aliphatic imine (C=N–C) groups is 1. The minimum atomic E-state index is 0.494. The molecule has 0 saturated carbocycles. The molecule has 0 atom stereocenters. The molecule has 2 aromatic rings. The molecule has 142 valence electrons. The Morgan fingerprint density at radius 2 is 2.08 bits per heavy atom. The van der Waals surface area contributed by atoms with Crippen LogP contribution in [0.2, 0.25) is 0 Å². The number of hydrogen-bond acceptors (Lipinski definition) is 6. The molecule has 26 heavy (non-hydrogen) atoms. The van der Waals surface area contributed by atoms with Gasteiger partial charge in [-0.1, -0.05) is 6.07 Å². The zero-order chi connectivity index (χ0) is 18.6. The van der Waals surface area contributed by atoms with E-state index in [1.807, 2.05) is 18.3 Å². The third kappa shape index (κ3) is 7.37. The van der Waals surface area contributed by atoms with Gasteiger partial charge in [0.15, 0.2) is 5.96 Å². The van der Waals surface area contributed by atoms with Gasteiger partial charge in [0, 0.05) is 50.0 Å². The number of hydrogen-bond donors (Lipinski definition) is 2. The number of aromatic nitrogens is 2. The standard InChI is InChI=1S/C18H27N5O2S/c1-4-19-18(20-8-7-17-22-11-14(2)26-17)23-13-15-5-6-16(21-12-15)25-10-9-24-3/h5-6,11-12H,4,7-10,13H2,1-3H3,(H2,19,20,23). The van der Waals surface area contributed by atoms with Gasteiger partial charge in [0.2, 0.25) is 5.88 Å². The Kier molecular flexibility index (Phi) is 8.85. The molecule has 2 heterocycles. The van der Waals surface area contributed by atoms with Crippen molar-refractivity contribution < 1.29 is 9.47 Å². The first-order valence-electron chi connectivity index (χ1n) is 8.71. The van der Waals surface area contributed by atoms with E-state index in [1.54, 1.807) is 24.6 Å². The Balaban J connectivity index is 1.81. The van der Waals surface area contributed by atoms with Gasteiger partial charge in [-0.2, -0.15) is 0 Å². The number of methoxy groups -OCH3 is 1. The number of ether oxygens (including phenoxy) is 2. The molecule has 0 aromatic carbocycles. The van der Waals surface area contributed by atoms with Crippen molar-refractivity contribution in [3.8, 4) is 5.88 Å². The van der Waals surface area contributed by atoms with Crippen LogP contribution in [0.15, 0.2) is 29.5 Å². The van der Waals surface area contributed by atoms with E-state index in [-0.39, 0.29) is 0 Å². The summed E-state index contributed by atoms with van der Waals surface area (Å²) in [7, 11) is 1.64. The highest BCUT2D eigenvalue weighted by atomic mass is 32.1. The molecule has 0 aliphatic rings. The molecule has 0 aliphatic heterocycles. The molecule has 8 heteroatoms. The predicted molar refractivity (Wildman–Crippen MR) is 105 cm³/mol. The third-order valence-corrected chi connectivity index (χ3v) is 4.37. The lowest BCUT2D eigenvalue weighted by molar-refractivity contribution is 0.143. The fourth-order valence-corrected chi connectivity index (χ4v) is 2.92. The number of rotatable bonds is 10. The van der Waals surface area contributed by atoms with Crippen LogP contribution in [0, 0.1) is 6.92 Å². The van der Waals surface area contributed by atoms with E-state index in [4.69, 9.17) is 9.47 Å². The van der Waals surface area contributed by atoms with Gasteiger partial charge in [0.25, 0.3) is 0 Å². The molecule has 0 fully saturated rings. The van der Waals surface area contributed by atoms with Gasteiger partial charge >= 0.3 is 0 Å². The van der Waals surface area contributed by atoms with Crippen LogP contribution in [-0.2, 0) is 17.7 Å². The summed E-state index contributed by atoms with van der Waals surface area (Å²) in [5, 5.41) is 7.73. The van der Waals surface area contributed by atoms with Crippen molar-refractivity contribution in [1.29, 1.82) is 0 Å². The predicted octanol–water partition coefficient (Wildman–Crippen LogP) is 2.17. The van der Waals surface area contributed by atoms with Crippen molar-refractivity contribution in [3.05, 3.63) is 40.0 Å². The summed E-state index contributed by atoms with van der Waals surface area (Å²) >= 11 is 1.73. The second-order valence-electron chi connectivity index (χ2n) is 5.58. The fourth-order valence-electron chi connectivity index (χ4n) is 2.14. The highest BCUT2D eigenvalue weighted by Gasteiger charge is 2.02. The molecule has 2 N–H and O–H groups in total. The van der Waals surface area contributed by atoms with Crippen molar-refractivity contribution in [2.75, 3.05) is 33.4 Å². The van der Waals surface area contributed by atoms with Crippen LogP contribution >= 0.6 is 11.3 Å². The van der Waals surface area contributed by atoms with Crippen LogP contribution < -0.4 is 15.4 Å². The maximum atomic E-state index is 5.46. The molecule has 0 aliphatic carbocycles. The molecular formula is C18H27N5O2S. The van der Waals surface area contributed by atoms with Gasteiger partial charge in [-0.05, 0) is 19.4 Å². The molecule has 7 nitrogen and oxygen atoms in total. The normalized spacial score (nSPS) is 11.4. The fraction of sp³-hybridized carbons (Fsp3) is 0.500. The number of nitrogens with zero attached hydrogens (tertiary/aromatic N) is 3. The van der Waals surface area contributed by atoms with Crippen LogP contribution in [0.25, 0.3) is 0 Å². The van der Waals surface area contributed by atoms with Crippen molar-refractivity contribution in [2.45, 2.75) is 26.8 Å². The second kappa shape index (κ2) is 11.4. The Morgan fingerprint density at radius 3 is 2.73 bits per heavy atom. The van der Waals surface area contributed by atoms with Crippen LogP contribution in [-0.4, -0.2) is 49.3 Å². The molecule has 0 unspecified atom stereocenters. The molecular weight excluding hydrogens is 350 g/mol. The van der Waals surface area contributed by atoms with Gasteiger partial charge in [-0.3, -0.25) is 0 Å². The van der Waals surface area contributed by atoms with Crippen molar-refractivity contribution >= 4 is 17.3 Å². The minimum Gasteiger partial charge on any atom is -0.475 e. The number of thiazole rings is 1. The van der Waals surface area contributed by atoms with E-state index in [2.05, 4.69) is 39.4 Å².